The summed E-state index contributed by atoms with van der Waals surface area (Å²) >= 11 is 0. The van der Waals surface area contributed by atoms with Crippen LogP contribution in [-0.4, -0.2) is 51.9 Å². The third kappa shape index (κ3) is 3.44. The van der Waals surface area contributed by atoms with E-state index in [0.29, 0.717) is 31.9 Å². The Bertz CT molecular complexity index is 715. The lowest BCUT2D eigenvalue weighted by Crippen LogP contribution is -2.49. The molecule has 3 heterocycles. The van der Waals surface area contributed by atoms with Crippen LogP contribution in [0.15, 0.2) is 36.7 Å². The number of carbonyl (C=O) groups is 1. The van der Waals surface area contributed by atoms with Gasteiger partial charge in [0.25, 0.3) is 5.91 Å². The highest BCUT2D eigenvalue weighted by molar-refractivity contribution is 5.92. The third-order valence-electron chi connectivity index (χ3n) is 3.67. The van der Waals surface area contributed by atoms with Crippen LogP contribution >= 0.6 is 0 Å². The molecule has 0 aromatic carbocycles. The molecule has 2 aromatic rings. The predicted molar refractivity (Wildman–Crippen MR) is 79.4 cm³/mol. The first kappa shape index (κ1) is 16.2. The minimum Gasteiger partial charge on any atom is -0.337 e. The molecule has 9 heteroatoms. The number of hydrogen-bond acceptors (Lipinski definition) is 5. The smallest absolute Gasteiger partial charge is 0.337 e. The maximum atomic E-state index is 12.7. The van der Waals surface area contributed by atoms with Gasteiger partial charge in [-0.3, -0.25) is 9.78 Å². The van der Waals surface area contributed by atoms with Crippen LogP contribution in [0.25, 0.3) is 0 Å². The number of carbonyl (C=O) groups excluding carboxylic acids is 1. The quantitative estimate of drug-likeness (QED) is 0.837. The highest BCUT2D eigenvalue weighted by Crippen LogP contribution is 2.28. The molecule has 2 aromatic heterocycles. The van der Waals surface area contributed by atoms with Crippen LogP contribution in [0.2, 0.25) is 0 Å². The molecule has 24 heavy (non-hydrogen) atoms. The lowest BCUT2D eigenvalue weighted by Gasteiger charge is -2.34. The van der Waals surface area contributed by atoms with Crippen LogP contribution < -0.4 is 4.90 Å². The maximum absolute atomic E-state index is 12.7. The summed E-state index contributed by atoms with van der Waals surface area (Å²) in [5.41, 5.74) is -0.624. The number of aromatic nitrogens is 3. The largest absolute Gasteiger partial charge is 0.433 e. The van der Waals surface area contributed by atoms with Crippen LogP contribution in [0.5, 0.6) is 0 Å². The van der Waals surface area contributed by atoms with E-state index < -0.39 is 11.9 Å². The monoisotopic (exact) mass is 337 g/mol. The van der Waals surface area contributed by atoms with E-state index >= 15 is 0 Å². The van der Waals surface area contributed by atoms with Gasteiger partial charge < -0.3 is 9.80 Å². The highest BCUT2D eigenvalue weighted by atomic mass is 19.4. The molecule has 0 radical (unpaired) electrons. The Hall–Kier alpha value is -2.71. The molecule has 0 N–H and O–H groups in total. The molecular formula is C15H14F3N5O. The van der Waals surface area contributed by atoms with Crippen molar-refractivity contribution in [3.63, 3.8) is 0 Å². The summed E-state index contributed by atoms with van der Waals surface area (Å²) in [6.07, 6.45) is -1.87. The summed E-state index contributed by atoms with van der Waals surface area (Å²) in [5, 5.41) is 0. The molecule has 0 aliphatic carbocycles. The van der Waals surface area contributed by atoms with Crippen LogP contribution in [0.3, 0.4) is 0 Å². The van der Waals surface area contributed by atoms with Crippen LogP contribution in [0.4, 0.5) is 19.1 Å². The summed E-state index contributed by atoms with van der Waals surface area (Å²) in [5.74, 6) is -0.171. The van der Waals surface area contributed by atoms with Crippen molar-refractivity contribution in [3.05, 3.63) is 48.0 Å². The zero-order valence-electron chi connectivity index (χ0n) is 12.6. The first-order valence-corrected chi connectivity index (χ1v) is 7.30. The van der Waals surface area contributed by atoms with Gasteiger partial charge in [-0.15, -0.1) is 0 Å². The van der Waals surface area contributed by atoms with Crippen molar-refractivity contribution < 1.29 is 18.0 Å². The van der Waals surface area contributed by atoms with Crippen molar-refractivity contribution in [2.24, 2.45) is 0 Å². The van der Waals surface area contributed by atoms with Crippen molar-refractivity contribution in [2.75, 3.05) is 31.1 Å². The molecule has 0 bridgehead atoms. The van der Waals surface area contributed by atoms with Gasteiger partial charge in [-0.25, -0.2) is 9.97 Å². The van der Waals surface area contributed by atoms with E-state index in [0.717, 1.165) is 12.3 Å². The van der Waals surface area contributed by atoms with Crippen molar-refractivity contribution in [2.45, 2.75) is 6.18 Å². The minimum atomic E-state index is -4.51. The highest BCUT2D eigenvalue weighted by Gasteiger charge is 2.33. The Morgan fingerprint density at radius 3 is 2.38 bits per heavy atom. The molecule has 0 spiro atoms. The van der Waals surface area contributed by atoms with Gasteiger partial charge in [0.1, 0.15) is 11.4 Å². The van der Waals surface area contributed by atoms with Gasteiger partial charge in [0.05, 0.1) is 0 Å². The number of nitrogens with zero attached hydrogens (tertiary/aromatic N) is 5. The van der Waals surface area contributed by atoms with Crippen molar-refractivity contribution in [3.8, 4) is 0 Å². The molecule has 1 saturated heterocycles. The van der Waals surface area contributed by atoms with E-state index in [2.05, 4.69) is 15.0 Å². The summed E-state index contributed by atoms with van der Waals surface area (Å²) in [7, 11) is 0. The molecule has 6 nitrogen and oxygen atoms in total. The number of hydrogen-bond donors (Lipinski definition) is 0. The molecule has 0 atom stereocenters. The second-order valence-corrected chi connectivity index (χ2v) is 5.23. The van der Waals surface area contributed by atoms with Gasteiger partial charge >= 0.3 is 6.18 Å². The summed E-state index contributed by atoms with van der Waals surface area (Å²) in [4.78, 5) is 27.0. The first-order valence-electron chi connectivity index (χ1n) is 7.30. The molecule has 1 fully saturated rings. The molecule has 1 amide bonds. The van der Waals surface area contributed by atoms with Crippen LogP contribution in [-0.2, 0) is 6.18 Å². The lowest BCUT2D eigenvalue weighted by molar-refractivity contribution is -0.141. The van der Waals surface area contributed by atoms with E-state index in [1.165, 1.54) is 0 Å². The average Bonchev–Trinajstić information content (AvgIpc) is 2.61. The lowest BCUT2D eigenvalue weighted by atomic mass is 10.2. The van der Waals surface area contributed by atoms with Gasteiger partial charge in [0.15, 0.2) is 0 Å². The predicted octanol–water partition coefficient (Wildman–Crippen LogP) is 1.85. The molecule has 1 aliphatic rings. The van der Waals surface area contributed by atoms with Gasteiger partial charge in [0.2, 0.25) is 5.95 Å². The molecule has 3 rings (SSSR count). The Morgan fingerprint density at radius 1 is 1.00 bits per heavy atom. The van der Waals surface area contributed by atoms with Crippen LogP contribution in [0.1, 0.15) is 16.2 Å². The molecule has 0 saturated carbocycles. The standard InChI is InChI=1S/C15H14F3N5O/c16-15(17,18)12-4-6-20-14(21-12)23-9-7-22(8-10-23)13(24)11-3-1-2-5-19-11/h1-6H,7-10H2. The van der Waals surface area contributed by atoms with E-state index in [-0.39, 0.29) is 11.9 Å². The maximum Gasteiger partial charge on any atom is 0.433 e. The summed E-state index contributed by atoms with van der Waals surface area (Å²) in [6.45, 7) is 1.46. The van der Waals surface area contributed by atoms with Crippen molar-refractivity contribution in [1.82, 2.24) is 19.9 Å². The van der Waals surface area contributed by atoms with Crippen LogP contribution in [0, 0.1) is 0 Å². The fourth-order valence-corrected chi connectivity index (χ4v) is 2.42. The fraction of sp³-hybridized carbons (Fsp3) is 0.333. The zero-order chi connectivity index (χ0) is 17.2. The number of piperazine rings is 1. The Labute approximate surface area is 136 Å². The number of anilines is 1. The van der Waals surface area contributed by atoms with Crippen molar-refractivity contribution >= 4 is 11.9 Å². The molecule has 126 valence electrons. The zero-order valence-corrected chi connectivity index (χ0v) is 12.6. The topological polar surface area (TPSA) is 62.2 Å². The average molecular weight is 337 g/mol. The Morgan fingerprint density at radius 2 is 1.75 bits per heavy atom. The van der Waals surface area contributed by atoms with Gasteiger partial charge in [-0.05, 0) is 18.2 Å². The number of halogens is 3. The van der Waals surface area contributed by atoms with Gasteiger partial charge in [-0.2, -0.15) is 13.2 Å². The molecule has 1 aliphatic heterocycles. The summed E-state index contributed by atoms with van der Waals surface area (Å²) < 4.78 is 38.2. The number of pyridine rings is 1. The second kappa shape index (κ2) is 6.42. The van der Waals surface area contributed by atoms with Crippen molar-refractivity contribution in [1.29, 1.82) is 0 Å². The third-order valence-corrected chi connectivity index (χ3v) is 3.67. The van der Waals surface area contributed by atoms with E-state index in [1.807, 2.05) is 0 Å². The first-order chi connectivity index (χ1) is 11.4. The number of alkyl halides is 3. The normalized spacial score (nSPS) is 15.5. The van der Waals surface area contributed by atoms with E-state index in [4.69, 9.17) is 0 Å². The number of amides is 1. The van der Waals surface area contributed by atoms with Gasteiger partial charge in [-0.1, -0.05) is 6.07 Å². The fourth-order valence-electron chi connectivity index (χ4n) is 2.42. The number of rotatable bonds is 2. The van der Waals surface area contributed by atoms with E-state index in [9.17, 15) is 18.0 Å². The molecule has 0 unspecified atom stereocenters. The Kier molecular flexibility index (Phi) is 4.32. The summed E-state index contributed by atoms with van der Waals surface area (Å²) in [6, 6.07) is 5.92. The SMILES string of the molecule is O=C(c1ccccn1)N1CCN(c2nccc(C(F)(F)F)n2)CC1. The van der Waals surface area contributed by atoms with E-state index in [1.54, 1.807) is 34.2 Å². The van der Waals surface area contributed by atoms with Gasteiger partial charge in [0, 0.05) is 38.6 Å². The minimum absolute atomic E-state index is 0.0229. The Balaban J connectivity index is 1.66. The molecular weight excluding hydrogens is 323 g/mol. The second-order valence-electron chi connectivity index (χ2n) is 5.23.